The Balaban J connectivity index is 0.000000171. The van der Waals surface area contributed by atoms with Gasteiger partial charge in [-0.05, 0) is 77.2 Å². The van der Waals surface area contributed by atoms with E-state index in [0.29, 0.717) is 10.6 Å². The van der Waals surface area contributed by atoms with Gasteiger partial charge in [-0.15, -0.1) is 11.3 Å². The summed E-state index contributed by atoms with van der Waals surface area (Å²) in [6.07, 6.45) is 0. The van der Waals surface area contributed by atoms with Crippen molar-refractivity contribution in [2.24, 2.45) is 0 Å². The van der Waals surface area contributed by atoms with E-state index in [0.717, 1.165) is 57.8 Å². The maximum Gasteiger partial charge on any atom is 0.304 e. The summed E-state index contributed by atoms with van der Waals surface area (Å²) in [4.78, 5) is 4.72. The maximum absolute atomic E-state index is 11.0. The van der Waals surface area contributed by atoms with Crippen molar-refractivity contribution >= 4 is 70.4 Å². The molecule has 0 atom stereocenters. The highest BCUT2D eigenvalue weighted by atomic mass is 79.9. The van der Waals surface area contributed by atoms with Crippen molar-refractivity contribution in [2.75, 3.05) is 43.9 Å². The van der Waals surface area contributed by atoms with Crippen molar-refractivity contribution in [1.29, 1.82) is 0 Å². The first-order valence-corrected chi connectivity index (χ1v) is 12.6. The molecular weight excluding hydrogens is 510 g/mol. The summed E-state index contributed by atoms with van der Waals surface area (Å²) in [6.45, 7) is 6.05. The molecule has 1 fully saturated rings. The number of anilines is 2. The van der Waals surface area contributed by atoms with Gasteiger partial charge in [-0.1, -0.05) is 11.6 Å². The number of nitrogens with two attached hydrogens (primary N) is 1. The number of benzene rings is 2. The summed E-state index contributed by atoms with van der Waals surface area (Å²) in [5, 5.41) is 1.31. The van der Waals surface area contributed by atoms with E-state index in [9.17, 15) is 8.42 Å². The zero-order chi connectivity index (χ0) is 22.1. The molecule has 1 saturated heterocycles. The first kappa shape index (κ1) is 23.3. The first-order chi connectivity index (χ1) is 14.1. The molecule has 0 amide bonds. The van der Waals surface area contributed by atoms with Gasteiger partial charge in [-0.25, -0.2) is 0 Å². The van der Waals surface area contributed by atoms with Crippen LogP contribution in [0.4, 0.5) is 11.4 Å². The zero-order valence-electron chi connectivity index (χ0n) is 16.6. The minimum Gasteiger partial charge on any atom is -0.398 e. The smallest absolute Gasteiger partial charge is 0.304 e. The van der Waals surface area contributed by atoms with E-state index >= 15 is 0 Å². The standard InChI is InChI=1S/C11H16BrN3.C9H7ClO3S2/c1-14-4-6-15(7-5-14)9-2-3-10(12)11(13)8-9;1-5-7-4-6(10)2-3-8(7)14-9(5)15(11,12)13/h2-3,8H,4-7,13H2,1H3;2-4H,1H3,(H,11,12,13). The molecule has 0 saturated carbocycles. The third kappa shape index (κ3) is 5.46. The minimum atomic E-state index is -4.13. The van der Waals surface area contributed by atoms with Gasteiger partial charge in [0.05, 0.1) is 0 Å². The van der Waals surface area contributed by atoms with E-state index in [1.165, 1.54) is 5.69 Å². The average Bonchev–Trinajstić information content (AvgIpc) is 3.02. The van der Waals surface area contributed by atoms with Crippen molar-refractivity contribution in [3.05, 3.63) is 51.5 Å². The summed E-state index contributed by atoms with van der Waals surface area (Å²) >= 11 is 10.3. The molecule has 0 unspecified atom stereocenters. The molecule has 4 rings (SSSR count). The number of likely N-dealkylation sites (N-methyl/N-ethyl adjacent to an activating group) is 1. The van der Waals surface area contributed by atoms with E-state index < -0.39 is 10.1 Å². The number of fused-ring (bicyclic) bond motifs is 1. The van der Waals surface area contributed by atoms with Crippen LogP contribution in [-0.2, 0) is 10.1 Å². The van der Waals surface area contributed by atoms with Gasteiger partial charge >= 0.3 is 10.1 Å². The molecule has 2 aromatic carbocycles. The molecule has 0 radical (unpaired) electrons. The van der Waals surface area contributed by atoms with E-state index in [-0.39, 0.29) is 4.21 Å². The molecule has 3 aromatic rings. The number of piperazine rings is 1. The van der Waals surface area contributed by atoms with Crippen LogP contribution in [0.2, 0.25) is 5.02 Å². The second-order valence-corrected chi connectivity index (χ2v) is 11.1. The van der Waals surface area contributed by atoms with Crippen LogP contribution in [0.5, 0.6) is 0 Å². The molecule has 2 heterocycles. The van der Waals surface area contributed by atoms with E-state index in [4.69, 9.17) is 21.9 Å². The van der Waals surface area contributed by atoms with Crippen molar-refractivity contribution in [1.82, 2.24) is 4.90 Å². The van der Waals surface area contributed by atoms with Crippen molar-refractivity contribution in [3.63, 3.8) is 0 Å². The van der Waals surface area contributed by atoms with Crippen LogP contribution in [0, 0.1) is 6.92 Å². The molecule has 3 N–H and O–H groups in total. The molecule has 0 spiro atoms. The molecule has 10 heteroatoms. The third-order valence-corrected chi connectivity index (χ3v) is 8.62. The Morgan fingerprint density at radius 3 is 2.40 bits per heavy atom. The predicted molar refractivity (Wildman–Crippen MR) is 130 cm³/mol. The Labute approximate surface area is 194 Å². The Hall–Kier alpha value is -1.36. The van der Waals surface area contributed by atoms with Gasteiger partial charge in [0.25, 0.3) is 0 Å². The average molecular weight is 533 g/mol. The summed E-state index contributed by atoms with van der Waals surface area (Å²) in [5.41, 5.74) is 8.45. The van der Waals surface area contributed by atoms with Crippen molar-refractivity contribution < 1.29 is 13.0 Å². The number of hydrogen-bond acceptors (Lipinski definition) is 6. The van der Waals surface area contributed by atoms with Gasteiger partial charge in [-0.3, -0.25) is 4.55 Å². The number of hydrogen-bond donors (Lipinski definition) is 2. The fourth-order valence-electron chi connectivity index (χ4n) is 3.21. The van der Waals surface area contributed by atoms with E-state index in [1.54, 1.807) is 25.1 Å². The molecule has 1 aromatic heterocycles. The molecule has 30 heavy (non-hydrogen) atoms. The summed E-state index contributed by atoms with van der Waals surface area (Å²) < 4.78 is 32.8. The Kier molecular flexibility index (Phi) is 7.32. The monoisotopic (exact) mass is 531 g/mol. The third-order valence-electron chi connectivity index (χ3n) is 4.94. The summed E-state index contributed by atoms with van der Waals surface area (Å²) in [6, 6.07) is 11.3. The predicted octanol–water partition coefficient (Wildman–Crippen LogP) is 4.89. The van der Waals surface area contributed by atoms with Gasteiger partial charge < -0.3 is 15.5 Å². The second-order valence-electron chi connectivity index (χ2n) is 7.13. The van der Waals surface area contributed by atoms with Crippen molar-refractivity contribution in [3.8, 4) is 0 Å². The minimum absolute atomic E-state index is 0.0141. The maximum atomic E-state index is 11.0. The van der Waals surface area contributed by atoms with Gasteiger partial charge in [0, 0.05) is 51.7 Å². The molecule has 1 aliphatic heterocycles. The quantitative estimate of drug-likeness (QED) is 0.361. The highest BCUT2D eigenvalue weighted by molar-refractivity contribution is 9.10. The SMILES string of the molecule is CN1CCN(c2ccc(Br)c(N)c2)CC1.Cc1c(S(=O)(=O)O)sc2ccc(Cl)cc12. The van der Waals surface area contributed by atoms with Gasteiger partial charge in [0.15, 0.2) is 4.21 Å². The van der Waals surface area contributed by atoms with E-state index in [1.807, 2.05) is 12.1 Å². The Bertz CT molecular complexity index is 1160. The molecule has 162 valence electrons. The molecule has 6 nitrogen and oxygen atoms in total. The van der Waals surface area contributed by atoms with E-state index in [2.05, 4.69) is 38.8 Å². The summed E-state index contributed by atoms with van der Waals surface area (Å²) in [5.74, 6) is 0. The zero-order valence-corrected chi connectivity index (χ0v) is 20.6. The Morgan fingerprint density at radius 1 is 1.13 bits per heavy atom. The van der Waals surface area contributed by atoms with Crippen LogP contribution in [0.15, 0.2) is 45.1 Å². The number of nitrogens with zero attached hydrogens (tertiary/aromatic N) is 2. The molecular formula is C20H23BrClN3O3S2. The van der Waals surface area contributed by atoms with Crippen molar-refractivity contribution in [2.45, 2.75) is 11.1 Å². The number of nitrogen functional groups attached to an aromatic ring is 1. The van der Waals surface area contributed by atoms with Gasteiger partial charge in [-0.2, -0.15) is 8.42 Å². The first-order valence-electron chi connectivity index (χ1n) is 9.21. The largest absolute Gasteiger partial charge is 0.398 e. The fraction of sp³-hybridized carbons (Fsp3) is 0.300. The van der Waals surface area contributed by atoms with Gasteiger partial charge in [0.1, 0.15) is 0 Å². The van der Waals surface area contributed by atoms with Crippen LogP contribution >= 0.6 is 38.9 Å². The lowest BCUT2D eigenvalue weighted by Crippen LogP contribution is -2.44. The topological polar surface area (TPSA) is 86.9 Å². The van der Waals surface area contributed by atoms with Crippen LogP contribution in [0.1, 0.15) is 5.56 Å². The number of rotatable bonds is 2. The highest BCUT2D eigenvalue weighted by Crippen LogP contribution is 2.35. The lowest BCUT2D eigenvalue weighted by atomic mass is 10.2. The Morgan fingerprint density at radius 2 is 1.80 bits per heavy atom. The number of thiophene rings is 1. The fourth-order valence-corrected chi connectivity index (χ4v) is 5.74. The second kappa shape index (κ2) is 9.42. The molecule has 0 aliphatic carbocycles. The van der Waals surface area contributed by atoms with Crippen LogP contribution in [0.25, 0.3) is 10.1 Å². The lowest BCUT2D eigenvalue weighted by Gasteiger charge is -2.34. The lowest BCUT2D eigenvalue weighted by molar-refractivity contribution is 0.313. The molecule has 0 bridgehead atoms. The van der Waals surface area contributed by atoms with Crippen LogP contribution in [0.3, 0.4) is 0 Å². The highest BCUT2D eigenvalue weighted by Gasteiger charge is 2.19. The normalized spacial score (nSPS) is 15.2. The van der Waals surface area contributed by atoms with Crippen LogP contribution < -0.4 is 10.6 Å². The summed E-state index contributed by atoms with van der Waals surface area (Å²) in [7, 11) is -1.97. The molecule has 1 aliphatic rings. The van der Waals surface area contributed by atoms with Gasteiger partial charge in [0.2, 0.25) is 0 Å². The number of aryl methyl sites for hydroxylation is 1. The number of halogens is 2. The van der Waals surface area contributed by atoms with Crippen LogP contribution in [-0.4, -0.2) is 51.1 Å².